The summed E-state index contributed by atoms with van der Waals surface area (Å²) in [7, 11) is 0. The number of nitrogens with zero attached hydrogens (tertiary/aromatic N) is 1. The average molecular weight is 256 g/mol. The van der Waals surface area contributed by atoms with Crippen molar-refractivity contribution >= 4 is 0 Å². The van der Waals surface area contributed by atoms with Crippen molar-refractivity contribution in [2.75, 3.05) is 26.2 Å². The molecule has 0 aromatic rings. The van der Waals surface area contributed by atoms with Crippen molar-refractivity contribution in [3.05, 3.63) is 0 Å². The quantitative estimate of drug-likeness (QED) is 0.770. The summed E-state index contributed by atoms with van der Waals surface area (Å²) in [6, 6.07) is 0.664. The molecule has 1 heterocycles. The summed E-state index contributed by atoms with van der Waals surface area (Å²) >= 11 is 0. The van der Waals surface area contributed by atoms with Gasteiger partial charge in [0.25, 0.3) is 0 Å². The molecule has 2 rings (SSSR count). The number of β-amino-alcohol motifs (C(OH)–C–C–N with tert-alkyl or cyclic N) is 1. The monoisotopic (exact) mass is 256 g/mol. The Bertz CT molecular complexity index is 272. The normalized spacial score (nSPS) is 29.2. The van der Waals surface area contributed by atoms with Crippen molar-refractivity contribution in [2.45, 2.75) is 63.9 Å². The molecule has 0 amide bonds. The fourth-order valence-corrected chi connectivity index (χ4v) is 3.03. The zero-order valence-electron chi connectivity index (χ0n) is 12.2. The molecule has 2 aliphatic rings. The van der Waals surface area contributed by atoms with Crippen LogP contribution in [0.15, 0.2) is 0 Å². The summed E-state index contributed by atoms with van der Waals surface area (Å²) in [4.78, 5) is 2.32. The molecule has 2 fully saturated rings. The first-order chi connectivity index (χ1) is 8.26. The Hall–Kier alpha value is -0.160. The topological polar surface area (TPSA) is 44.7 Å². The van der Waals surface area contributed by atoms with E-state index in [0.717, 1.165) is 19.6 Å². The molecule has 4 nitrogen and oxygen atoms in total. The first-order valence-electron chi connectivity index (χ1n) is 7.10. The number of aliphatic hydroxyl groups is 1. The minimum atomic E-state index is -0.282. The molecule has 18 heavy (non-hydrogen) atoms. The van der Waals surface area contributed by atoms with Gasteiger partial charge in [-0.3, -0.25) is 4.90 Å². The van der Waals surface area contributed by atoms with Crippen LogP contribution in [0.2, 0.25) is 0 Å². The lowest BCUT2D eigenvalue weighted by atomic mass is 9.98. The van der Waals surface area contributed by atoms with Gasteiger partial charge in [0.15, 0.2) is 0 Å². The number of hydrogen-bond acceptors (Lipinski definition) is 4. The summed E-state index contributed by atoms with van der Waals surface area (Å²) in [5.41, 5.74) is -0.267. The van der Waals surface area contributed by atoms with E-state index in [1.54, 1.807) is 0 Å². The maximum Gasteiger partial charge on any atom is 0.0791 e. The molecule has 0 bridgehead atoms. The van der Waals surface area contributed by atoms with E-state index in [4.69, 9.17) is 4.74 Å². The SMILES string of the molecule is CC1(C)CN(CC(O)CNC2CC2)CC(C)(C)O1. The van der Waals surface area contributed by atoms with Crippen molar-refractivity contribution in [3.63, 3.8) is 0 Å². The van der Waals surface area contributed by atoms with Crippen LogP contribution in [0.1, 0.15) is 40.5 Å². The Morgan fingerprint density at radius 2 is 1.78 bits per heavy atom. The summed E-state index contributed by atoms with van der Waals surface area (Å²) in [5, 5.41) is 13.5. The van der Waals surface area contributed by atoms with Gasteiger partial charge in [0.1, 0.15) is 0 Å². The highest BCUT2D eigenvalue weighted by atomic mass is 16.5. The number of morpholine rings is 1. The van der Waals surface area contributed by atoms with Crippen LogP contribution in [0.25, 0.3) is 0 Å². The molecule has 1 atom stereocenters. The van der Waals surface area contributed by atoms with Crippen molar-refractivity contribution in [1.29, 1.82) is 0 Å². The highest BCUT2D eigenvalue weighted by Gasteiger charge is 2.38. The van der Waals surface area contributed by atoms with Gasteiger partial charge in [0, 0.05) is 32.2 Å². The van der Waals surface area contributed by atoms with Crippen LogP contribution >= 0.6 is 0 Å². The first kappa shape index (κ1) is 14.3. The van der Waals surface area contributed by atoms with E-state index in [2.05, 4.69) is 37.9 Å². The molecular formula is C14H28N2O2. The van der Waals surface area contributed by atoms with Gasteiger partial charge >= 0.3 is 0 Å². The maximum atomic E-state index is 10.1. The molecule has 0 aromatic heterocycles. The van der Waals surface area contributed by atoms with Crippen molar-refractivity contribution < 1.29 is 9.84 Å². The van der Waals surface area contributed by atoms with E-state index >= 15 is 0 Å². The molecule has 1 aliphatic carbocycles. The molecule has 1 saturated carbocycles. The lowest BCUT2D eigenvalue weighted by molar-refractivity contribution is -0.183. The Balaban J connectivity index is 1.79. The van der Waals surface area contributed by atoms with E-state index in [0.29, 0.717) is 12.6 Å². The second-order valence-electron chi connectivity index (χ2n) is 7.13. The van der Waals surface area contributed by atoms with E-state index < -0.39 is 0 Å². The molecule has 0 radical (unpaired) electrons. The third-order valence-electron chi connectivity index (χ3n) is 3.45. The second-order valence-corrected chi connectivity index (χ2v) is 7.13. The van der Waals surface area contributed by atoms with Gasteiger partial charge in [-0.15, -0.1) is 0 Å². The standard InChI is InChI=1S/C14H28N2O2/c1-13(2)9-16(10-14(3,4)18-13)8-12(17)7-15-11-5-6-11/h11-12,15,17H,5-10H2,1-4H3. The highest BCUT2D eigenvalue weighted by molar-refractivity contribution is 4.90. The summed E-state index contributed by atoms with van der Waals surface area (Å²) in [6.07, 6.45) is 2.25. The molecule has 1 saturated heterocycles. The lowest BCUT2D eigenvalue weighted by Gasteiger charge is -2.47. The molecule has 0 spiro atoms. The van der Waals surface area contributed by atoms with E-state index in [-0.39, 0.29) is 17.3 Å². The van der Waals surface area contributed by atoms with Crippen molar-refractivity contribution in [1.82, 2.24) is 10.2 Å². The number of rotatable bonds is 5. The summed E-state index contributed by atoms with van der Waals surface area (Å²) < 4.78 is 6.04. The fourth-order valence-electron chi connectivity index (χ4n) is 3.03. The van der Waals surface area contributed by atoms with Gasteiger partial charge in [-0.1, -0.05) is 0 Å². The van der Waals surface area contributed by atoms with Crippen molar-refractivity contribution in [3.8, 4) is 0 Å². The third kappa shape index (κ3) is 4.50. The minimum absolute atomic E-state index is 0.134. The fraction of sp³-hybridized carbons (Fsp3) is 1.00. The molecule has 0 aromatic carbocycles. The van der Waals surface area contributed by atoms with Gasteiger partial charge in [-0.25, -0.2) is 0 Å². The van der Waals surface area contributed by atoms with Crippen LogP contribution in [0, 0.1) is 0 Å². The summed E-state index contributed by atoms with van der Waals surface area (Å²) in [5.74, 6) is 0. The van der Waals surface area contributed by atoms with Crippen LogP contribution in [-0.4, -0.2) is 59.5 Å². The van der Waals surface area contributed by atoms with Crippen LogP contribution in [-0.2, 0) is 4.74 Å². The number of ether oxygens (including phenoxy) is 1. The maximum absolute atomic E-state index is 10.1. The number of aliphatic hydroxyl groups excluding tert-OH is 1. The first-order valence-corrected chi connectivity index (χ1v) is 7.10. The Morgan fingerprint density at radius 1 is 1.22 bits per heavy atom. The number of hydrogen-bond donors (Lipinski definition) is 2. The van der Waals surface area contributed by atoms with E-state index in [1.165, 1.54) is 12.8 Å². The second kappa shape index (κ2) is 5.08. The molecular weight excluding hydrogens is 228 g/mol. The third-order valence-corrected chi connectivity index (χ3v) is 3.45. The van der Waals surface area contributed by atoms with Gasteiger partial charge in [0.2, 0.25) is 0 Å². The van der Waals surface area contributed by atoms with Crippen LogP contribution in [0.4, 0.5) is 0 Å². The van der Waals surface area contributed by atoms with Crippen LogP contribution in [0.5, 0.6) is 0 Å². The molecule has 1 unspecified atom stereocenters. The smallest absolute Gasteiger partial charge is 0.0791 e. The van der Waals surface area contributed by atoms with E-state index in [1.807, 2.05) is 0 Å². The zero-order chi connectivity index (χ0) is 13.4. The Morgan fingerprint density at radius 3 is 2.28 bits per heavy atom. The van der Waals surface area contributed by atoms with Crippen LogP contribution in [0.3, 0.4) is 0 Å². The Kier molecular flexibility index (Phi) is 4.02. The molecule has 1 aliphatic heterocycles. The molecule has 2 N–H and O–H groups in total. The summed E-state index contributed by atoms with van der Waals surface area (Å²) in [6.45, 7) is 11.7. The molecule has 4 heteroatoms. The highest BCUT2D eigenvalue weighted by Crippen LogP contribution is 2.28. The lowest BCUT2D eigenvalue weighted by Crippen LogP contribution is -2.58. The average Bonchev–Trinajstić information content (AvgIpc) is 2.92. The minimum Gasteiger partial charge on any atom is -0.390 e. The van der Waals surface area contributed by atoms with Gasteiger partial charge in [-0.05, 0) is 40.5 Å². The van der Waals surface area contributed by atoms with Crippen molar-refractivity contribution in [2.24, 2.45) is 0 Å². The predicted molar refractivity (Wildman–Crippen MR) is 72.7 cm³/mol. The van der Waals surface area contributed by atoms with Gasteiger partial charge in [-0.2, -0.15) is 0 Å². The molecule has 106 valence electrons. The predicted octanol–water partition coefficient (Wildman–Crippen LogP) is 0.989. The largest absolute Gasteiger partial charge is 0.390 e. The van der Waals surface area contributed by atoms with Gasteiger partial charge in [0.05, 0.1) is 17.3 Å². The van der Waals surface area contributed by atoms with Crippen LogP contribution < -0.4 is 5.32 Å². The van der Waals surface area contributed by atoms with E-state index in [9.17, 15) is 5.11 Å². The number of nitrogens with one attached hydrogen (secondary N) is 1. The Labute approximate surface area is 111 Å². The zero-order valence-corrected chi connectivity index (χ0v) is 12.2. The van der Waals surface area contributed by atoms with Gasteiger partial charge < -0.3 is 15.2 Å².